The number of hydrogen-bond donors (Lipinski definition) is 1. The predicted molar refractivity (Wildman–Crippen MR) is 122 cm³/mol. The third kappa shape index (κ3) is 4.82. The summed E-state index contributed by atoms with van der Waals surface area (Å²) in [6.07, 6.45) is 0. The van der Waals surface area contributed by atoms with Crippen LogP contribution in [0.15, 0.2) is 78.9 Å². The molecule has 0 amide bonds. The van der Waals surface area contributed by atoms with Gasteiger partial charge in [-0.1, -0.05) is 54.6 Å². The van der Waals surface area contributed by atoms with Gasteiger partial charge in [-0.2, -0.15) is 0 Å². The number of esters is 1. The number of hydrogen-bond acceptors (Lipinski definition) is 8. The minimum atomic E-state index is -4.85. The summed E-state index contributed by atoms with van der Waals surface area (Å²) in [6, 6.07) is 20.4. The van der Waals surface area contributed by atoms with E-state index >= 15 is 0 Å². The van der Waals surface area contributed by atoms with Crippen LogP contribution >= 0.6 is 7.60 Å². The highest BCUT2D eigenvalue weighted by Crippen LogP contribution is 2.64. The van der Waals surface area contributed by atoms with Gasteiger partial charge in [-0.15, -0.1) is 0 Å². The second-order valence-corrected chi connectivity index (χ2v) is 8.75. The van der Waals surface area contributed by atoms with Gasteiger partial charge in [0.05, 0.1) is 20.8 Å². The zero-order valence-electron chi connectivity index (χ0n) is 18.5. The van der Waals surface area contributed by atoms with Crippen LogP contribution in [0.3, 0.4) is 0 Å². The zero-order chi connectivity index (χ0) is 23.9. The van der Waals surface area contributed by atoms with Crippen molar-refractivity contribution >= 4 is 13.6 Å². The van der Waals surface area contributed by atoms with E-state index < -0.39 is 18.9 Å². The Kier molecular flexibility index (Phi) is 7.63. The average molecular weight is 472 g/mol. The molecule has 0 bridgehead atoms. The molecule has 0 aromatic heterocycles. The van der Waals surface area contributed by atoms with Crippen molar-refractivity contribution in [1.29, 1.82) is 0 Å². The molecule has 0 aliphatic heterocycles. The maximum absolute atomic E-state index is 14.5. The fourth-order valence-electron chi connectivity index (χ4n) is 3.09. The van der Waals surface area contributed by atoms with E-state index in [1.165, 1.54) is 38.5 Å². The summed E-state index contributed by atoms with van der Waals surface area (Å²) in [5.74, 6) is -0.751. The largest absolute Gasteiger partial charge is 0.493 e. The second kappa shape index (κ2) is 10.4. The summed E-state index contributed by atoms with van der Waals surface area (Å²) < 4.78 is 41.8. The molecule has 1 N–H and O–H groups in total. The fraction of sp³-hybridized carbons (Fsp3) is 0.208. The molecule has 0 unspecified atom stereocenters. The lowest BCUT2D eigenvalue weighted by Crippen LogP contribution is -2.40. The predicted octanol–water partition coefficient (Wildman–Crippen LogP) is 4.76. The van der Waals surface area contributed by atoms with Gasteiger partial charge in [0, 0.05) is 5.56 Å². The number of methoxy groups -OCH3 is 2. The summed E-state index contributed by atoms with van der Waals surface area (Å²) in [5.41, 5.74) is -0.0309. The van der Waals surface area contributed by atoms with Crippen molar-refractivity contribution in [1.82, 2.24) is 0 Å². The molecule has 33 heavy (non-hydrogen) atoms. The highest BCUT2D eigenvalue weighted by molar-refractivity contribution is 7.56. The van der Waals surface area contributed by atoms with Gasteiger partial charge in [0.25, 0.3) is 0 Å². The first kappa shape index (κ1) is 24.2. The Morgan fingerprint density at radius 2 is 1.21 bits per heavy atom. The van der Waals surface area contributed by atoms with Crippen molar-refractivity contribution in [3.8, 4) is 23.0 Å². The number of carbonyl (C=O) groups excluding carboxylic acids is 1. The van der Waals surface area contributed by atoms with E-state index in [1.54, 1.807) is 61.5 Å². The number of para-hydroxylation sites is 4. The first-order chi connectivity index (χ1) is 15.9. The molecule has 174 valence electrons. The second-order valence-electron chi connectivity index (χ2n) is 6.74. The molecule has 9 heteroatoms. The molecule has 0 heterocycles. The molecule has 0 spiro atoms. The summed E-state index contributed by atoms with van der Waals surface area (Å²) in [5, 5.41) is 8.97. The quantitative estimate of drug-likeness (QED) is 0.333. The smallest absolute Gasteiger partial charge is 0.479 e. The Bertz CT molecular complexity index is 1080. The van der Waals surface area contributed by atoms with E-state index in [0.29, 0.717) is 0 Å². The molecule has 0 aliphatic rings. The molecule has 0 saturated carbocycles. The lowest BCUT2D eigenvalue weighted by molar-refractivity contribution is -0.158. The Morgan fingerprint density at radius 1 is 0.788 bits per heavy atom. The molecule has 0 fully saturated rings. The highest BCUT2D eigenvalue weighted by atomic mass is 31.2. The zero-order valence-corrected chi connectivity index (χ0v) is 19.4. The lowest BCUT2D eigenvalue weighted by atomic mass is 10.1. The molecule has 3 aromatic carbocycles. The minimum Gasteiger partial charge on any atom is -0.493 e. The topological polar surface area (TPSA) is 101 Å². The van der Waals surface area contributed by atoms with Gasteiger partial charge in [-0.05, 0) is 31.2 Å². The van der Waals surface area contributed by atoms with Crippen LogP contribution < -0.4 is 18.5 Å². The molecular weight excluding hydrogens is 447 g/mol. The van der Waals surface area contributed by atoms with Crippen LogP contribution in [-0.4, -0.2) is 31.9 Å². The maximum Gasteiger partial charge on any atom is 0.479 e. The van der Waals surface area contributed by atoms with E-state index in [2.05, 4.69) is 0 Å². The van der Waals surface area contributed by atoms with Crippen LogP contribution in [0, 0.1) is 0 Å². The molecule has 8 nitrogen and oxygen atoms in total. The van der Waals surface area contributed by atoms with E-state index in [0.717, 1.165) is 0 Å². The van der Waals surface area contributed by atoms with Crippen molar-refractivity contribution in [2.75, 3.05) is 20.8 Å². The molecule has 3 rings (SSSR count). The number of rotatable bonds is 10. The van der Waals surface area contributed by atoms with Crippen LogP contribution in [0.5, 0.6) is 23.0 Å². The molecular formula is C24H25O8P. The Labute approximate surface area is 192 Å². The van der Waals surface area contributed by atoms with Crippen LogP contribution in [0.25, 0.3) is 0 Å². The Balaban J connectivity index is 2.25. The standard InChI is InChI=1S/C24H25O8P/c1-4-30-23(25)24(26,18-12-6-5-7-13-18)33(27,31-21-16-10-8-14-19(21)28-2)32-22-17-11-9-15-20(22)29-3/h5-17,26H,4H2,1-3H3/t24-/m1/s1. The molecule has 3 aromatic rings. The van der Waals surface area contributed by atoms with Gasteiger partial charge in [0.2, 0.25) is 0 Å². The molecule has 0 aliphatic carbocycles. The molecule has 0 radical (unpaired) electrons. The summed E-state index contributed by atoms with van der Waals surface area (Å²) in [6.45, 7) is 1.49. The Morgan fingerprint density at radius 3 is 1.64 bits per heavy atom. The lowest BCUT2D eigenvalue weighted by Gasteiger charge is -2.33. The van der Waals surface area contributed by atoms with Gasteiger partial charge in [0.15, 0.2) is 23.0 Å². The summed E-state index contributed by atoms with van der Waals surface area (Å²) >= 11 is 0. The van der Waals surface area contributed by atoms with E-state index in [4.69, 9.17) is 23.3 Å². The van der Waals surface area contributed by atoms with E-state index in [1.807, 2.05) is 0 Å². The van der Waals surface area contributed by atoms with Gasteiger partial charge >= 0.3 is 18.9 Å². The monoisotopic (exact) mass is 472 g/mol. The first-order valence-electron chi connectivity index (χ1n) is 10.1. The Hall–Kier alpha value is -3.48. The fourth-order valence-corrected chi connectivity index (χ4v) is 4.96. The van der Waals surface area contributed by atoms with E-state index in [-0.39, 0.29) is 35.2 Å². The average Bonchev–Trinajstić information content (AvgIpc) is 2.84. The normalized spacial score (nSPS) is 12.8. The minimum absolute atomic E-state index is 0.00288. The van der Waals surface area contributed by atoms with Gasteiger partial charge in [-0.3, -0.25) is 0 Å². The number of carbonyl (C=O) groups is 1. The first-order valence-corrected chi connectivity index (χ1v) is 11.6. The van der Waals surface area contributed by atoms with Crippen molar-refractivity contribution in [2.45, 2.75) is 12.3 Å². The molecule has 0 saturated heterocycles. The third-order valence-corrected chi connectivity index (χ3v) is 6.82. The van der Waals surface area contributed by atoms with Crippen molar-refractivity contribution in [2.24, 2.45) is 0 Å². The summed E-state index contributed by atoms with van der Waals surface area (Å²) in [4.78, 5) is 13.1. The maximum atomic E-state index is 14.5. The number of aliphatic hydroxyl groups is 1. The van der Waals surface area contributed by atoms with Gasteiger partial charge < -0.3 is 28.4 Å². The van der Waals surface area contributed by atoms with Crippen LogP contribution in [0.1, 0.15) is 12.5 Å². The van der Waals surface area contributed by atoms with Crippen molar-refractivity contribution in [3.05, 3.63) is 84.4 Å². The van der Waals surface area contributed by atoms with Gasteiger partial charge in [0.1, 0.15) is 0 Å². The van der Waals surface area contributed by atoms with Crippen LogP contribution in [-0.2, 0) is 19.4 Å². The van der Waals surface area contributed by atoms with Crippen molar-refractivity contribution < 1.29 is 37.7 Å². The number of ether oxygens (including phenoxy) is 3. The van der Waals surface area contributed by atoms with Crippen LogP contribution in [0.4, 0.5) is 0 Å². The third-order valence-electron chi connectivity index (χ3n) is 4.71. The van der Waals surface area contributed by atoms with Crippen LogP contribution in [0.2, 0.25) is 0 Å². The number of benzene rings is 3. The highest BCUT2D eigenvalue weighted by Gasteiger charge is 2.62. The van der Waals surface area contributed by atoms with Gasteiger partial charge in [-0.25, -0.2) is 9.36 Å². The van der Waals surface area contributed by atoms with Crippen molar-refractivity contribution in [3.63, 3.8) is 0 Å². The SMILES string of the molecule is CCOC(=O)[C@@](O)(c1ccccc1)P(=O)(Oc1ccccc1OC)Oc1ccccc1OC. The van der Waals surface area contributed by atoms with E-state index in [9.17, 15) is 14.5 Å². The summed E-state index contributed by atoms with van der Waals surface area (Å²) in [7, 11) is -2.04. The molecule has 1 atom stereocenters.